The van der Waals surface area contributed by atoms with Crippen LogP contribution in [0, 0.1) is 6.92 Å². The zero-order valence-electron chi connectivity index (χ0n) is 10.5. The Kier molecular flexibility index (Phi) is 4.65. The van der Waals surface area contributed by atoms with Gasteiger partial charge in [0.15, 0.2) is 0 Å². The van der Waals surface area contributed by atoms with Crippen molar-refractivity contribution in [2.24, 2.45) is 5.84 Å². The number of aryl methyl sites for hydroxylation is 1. The van der Waals surface area contributed by atoms with Gasteiger partial charge in [0.05, 0.1) is 0 Å². The molecule has 0 fully saturated rings. The zero-order valence-corrected chi connectivity index (χ0v) is 10.5. The number of nitrogens with two attached hydrogens (primary N) is 1. The second-order valence-corrected chi connectivity index (χ2v) is 3.80. The molecule has 0 bridgehead atoms. The molecule has 1 amide bonds. The molecule has 0 aromatic carbocycles. The van der Waals surface area contributed by atoms with E-state index in [2.05, 4.69) is 15.4 Å². The molecule has 1 aromatic heterocycles. The van der Waals surface area contributed by atoms with Gasteiger partial charge in [-0.1, -0.05) is 0 Å². The number of carbonyl (C=O) groups excluding carboxylic acids is 1. The number of hydrogen-bond acceptors (Lipinski definition) is 5. The number of nitrogens with zero attached hydrogens (tertiary/aromatic N) is 3. The first kappa shape index (κ1) is 15.2. The van der Waals surface area contributed by atoms with Crippen LogP contribution in [-0.4, -0.2) is 40.0 Å². The van der Waals surface area contributed by atoms with E-state index in [9.17, 15) is 18.0 Å². The van der Waals surface area contributed by atoms with Crippen LogP contribution >= 0.6 is 0 Å². The summed E-state index contributed by atoms with van der Waals surface area (Å²) in [7, 11) is 0. The molecule has 0 spiro atoms. The summed E-state index contributed by atoms with van der Waals surface area (Å²) < 4.78 is 37.0. The summed E-state index contributed by atoms with van der Waals surface area (Å²) in [5.41, 5.74) is 2.45. The van der Waals surface area contributed by atoms with E-state index >= 15 is 0 Å². The Morgan fingerprint density at radius 1 is 1.47 bits per heavy atom. The van der Waals surface area contributed by atoms with Crippen molar-refractivity contribution in [3.8, 4) is 0 Å². The number of nitrogen functional groups attached to an aromatic ring is 1. The summed E-state index contributed by atoms with van der Waals surface area (Å²) in [5.74, 6) is 4.28. The molecule has 0 unspecified atom stereocenters. The van der Waals surface area contributed by atoms with Crippen LogP contribution in [0.15, 0.2) is 6.07 Å². The van der Waals surface area contributed by atoms with Gasteiger partial charge in [0.2, 0.25) is 5.95 Å². The number of amides is 1. The third kappa shape index (κ3) is 4.36. The Morgan fingerprint density at radius 2 is 2.11 bits per heavy atom. The van der Waals surface area contributed by atoms with Crippen molar-refractivity contribution in [1.82, 2.24) is 14.9 Å². The lowest BCUT2D eigenvalue weighted by Crippen LogP contribution is -2.39. The fourth-order valence-electron chi connectivity index (χ4n) is 1.45. The first-order valence-corrected chi connectivity index (χ1v) is 5.45. The number of nitrogens with one attached hydrogen (secondary N) is 1. The smallest absolute Gasteiger partial charge is 0.328 e. The summed E-state index contributed by atoms with van der Waals surface area (Å²) >= 11 is 0. The van der Waals surface area contributed by atoms with E-state index in [-0.39, 0.29) is 18.2 Å². The average molecular weight is 277 g/mol. The van der Waals surface area contributed by atoms with Crippen molar-refractivity contribution in [3.63, 3.8) is 0 Å². The molecule has 0 aliphatic rings. The third-order valence-corrected chi connectivity index (χ3v) is 2.24. The van der Waals surface area contributed by atoms with Gasteiger partial charge in [-0.2, -0.15) is 13.2 Å². The summed E-state index contributed by atoms with van der Waals surface area (Å²) in [6, 6.07) is 1.31. The quantitative estimate of drug-likeness (QED) is 0.636. The molecular formula is C10H14F3N5O. The van der Waals surface area contributed by atoms with E-state index < -0.39 is 18.6 Å². The second-order valence-electron chi connectivity index (χ2n) is 3.80. The normalized spacial score (nSPS) is 11.3. The van der Waals surface area contributed by atoms with Crippen LogP contribution in [0.4, 0.5) is 19.1 Å². The SMILES string of the molecule is CCN(CC(F)(F)F)C(=O)c1cc(C)nc(NN)n1. The Bertz CT molecular complexity index is 463. The van der Waals surface area contributed by atoms with Crippen molar-refractivity contribution in [3.05, 3.63) is 17.5 Å². The summed E-state index contributed by atoms with van der Waals surface area (Å²) in [6.07, 6.45) is -4.46. The average Bonchev–Trinajstić information content (AvgIpc) is 2.33. The highest BCUT2D eigenvalue weighted by atomic mass is 19.4. The molecule has 1 rings (SSSR count). The van der Waals surface area contributed by atoms with Crippen LogP contribution in [0.3, 0.4) is 0 Å². The number of hydrogen-bond donors (Lipinski definition) is 2. The molecule has 19 heavy (non-hydrogen) atoms. The lowest BCUT2D eigenvalue weighted by molar-refractivity contribution is -0.140. The van der Waals surface area contributed by atoms with Gasteiger partial charge in [0.1, 0.15) is 12.2 Å². The van der Waals surface area contributed by atoms with Gasteiger partial charge >= 0.3 is 6.18 Å². The largest absolute Gasteiger partial charge is 0.406 e. The molecule has 0 saturated carbocycles. The van der Waals surface area contributed by atoms with Crippen LogP contribution in [-0.2, 0) is 0 Å². The molecule has 0 saturated heterocycles. The van der Waals surface area contributed by atoms with Gasteiger partial charge in [-0.05, 0) is 19.9 Å². The lowest BCUT2D eigenvalue weighted by atomic mass is 10.3. The molecule has 0 aliphatic heterocycles. The van der Waals surface area contributed by atoms with Gasteiger partial charge in [-0.15, -0.1) is 0 Å². The monoisotopic (exact) mass is 277 g/mol. The Labute approximate surface area is 107 Å². The maximum absolute atomic E-state index is 12.3. The molecule has 3 N–H and O–H groups in total. The highest BCUT2D eigenvalue weighted by molar-refractivity contribution is 5.92. The highest BCUT2D eigenvalue weighted by Crippen LogP contribution is 2.18. The molecule has 1 heterocycles. The van der Waals surface area contributed by atoms with Gasteiger partial charge in [0, 0.05) is 12.2 Å². The molecule has 9 heteroatoms. The molecule has 1 aromatic rings. The van der Waals surface area contributed by atoms with Crippen LogP contribution in [0.1, 0.15) is 23.1 Å². The molecule has 0 radical (unpaired) electrons. The van der Waals surface area contributed by atoms with Gasteiger partial charge < -0.3 is 4.90 Å². The molecule has 6 nitrogen and oxygen atoms in total. The number of alkyl halides is 3. The zero-order chi connectivity index (χ0) is 14.6. The molecule has 0 aliphatic carbocycles. The summed E-state index contributed by atoms with van der Waals surface area (Å²) in [5, 5.41) is 0. The van der Waals surface area contributed by atoms with Crippen molar-refractivity contribution in [2.45, 2.75) is 20.0 Å². The fourth-order valence-corrected chi connectivity index (χ4v) is 1.45. The first-order valence-electron chi connectivity index (χ1n) is 5.45. The standard InChI is InChI=1S/C10H14F3N5O/c1-3-18(5-10(11,12)13)8(19)7-4-6(2)15-9(16-7)17-14/h4H,3,5,14H2,1-2H3,(H,15,16,17). The minimum atomic E-state index is -4.46. The number of anilines is 1. The van der Waals surface area contributed by atoms with E-state index in [4.69, 9.17) is 5.84 Å². The topological polar surface area (TPSA) is 84.1 Å². The van der Waals surface area contributed by atoms with Crippen molar-refractivity contribution >= 4 is 11.9 Å². The predicted octanol–water partition coefficient (Wildman–Crippen LogP) is 1.10. The number of hydrazine groups is 1. The molecular weight excluding hydrogens is 263 g/mol. The van der Waals surface area contributed by atoms with Crippen LogP contribution in [0.2, 0.25) is 0 Å². The first-order chi connectivity index (χ1) is 8.76. The Balaban J connectivity index is 3.00. The van der Waals surface area contributed by atoms with Crippen molar-refractivity contribution < 1.29 is 18.0 Å². The number of carbonyl (C=O) groups is 1. The maximum Gasteiger partial charge on any atom is 0.406 e. The van der Waals surface area contributed by atoms with E-state index in [1.807, 2.05) is 0 Å². The third-order valence-electron chi connectivity index (χ3n) is 2.24. The van der Waals surface area contributed by atoms with Crippen LogP contribution in [0.5, 0.6) is 0 Å². The fraction of sp³-hybridized carbons (Fsp3) is 0.500. The highest BCUT2D eigenvalue weighted by Gasteiger charge is 2.33. The lowest BCUT2D eigenvalue weighted by Gasteiger charge is -2.22. The predicted molar refractivity (Wildman–Crippen MR) is 62.2 cm³/mol. The van der Waals surface area contributed by atoms with E-state index in [0.29, 0.717) is 10.6 Å². The van der Waals surface area contributed by atoms with Crippen LogP contribution in [0.25, 0.3) is 0 Å². The van der Waals surface area contributed by atoms with E-state index in [1.54, 1.807) is 6.92 Å². The minimum Gasteiger partial charge on any atom is -0.328 e. The van der Waals surface area contributed by atoms with E-state index in [1.165, 1.54) is 13.0 Å². The van der Waals surface area contributed by atoms with Gasteiger partial charge in [-0.25, -0.2) is 15.8 Å². The maximum atomic E-state index is 12.3. The summed E-state index contributed by atoms with van der Waals surface area (Å²) in [6.45, 7) is 1.64. The summed E-state index contributed by atoms with van der Waals surface area (Å²) in [4.78, 5) is 20.2. The number of halogens is 3. The van der Waals surface area contributed by atoms with E-state index in [0.717, 1.165) is 0 Å². The van der Waals surface area contributed by atoms with Gasteiger partial charge in [-0.3, -0.25) is 10.2 Å². The Hall–Kier alpha value is -1.90. The number of rotatable bonds is 4. The van der Waals surface area contributed by atoms with Crippen LogP contribution < -0.4 is 11.3 Å². The molecule has 106 valence electrons. The minimum absolute atomic E-state index is 0.0218. The number of aromatic nitrogens is 2. The Morgan fingerprint density at radius 3 is 2.58 bits per heavy atom. The van der Waals surface area contributed by atoms with Crippen molar-refractivity contribution in [1.29, 1.82) is 0 Å². The second kappa shape index (κ2) is 5.83. The van der Waals surface area contributed by atoms with Crippen molar-refractivity contribution in [2.75, 3.05) is 18.5 Å². The molecule has 0 atom stereocenters. The van der Waals surface area contributed by atoms with Gasteiger partial charge in [0.25, 0.3) is 5.91 Å².